The zero-order valence-corrected chi connectivity index (χ0v) is 14.8. The molecule has 23 heavy (non-hydrogen) atoms. The van der Waals surface area contributed by atoms with Crippen LogP contribution in [0.5, 0.6) is 5.75 Å². The average molecular weight is 355 g/mol. The maximum atomic E-state index is 12.7. The second-order valence-corrected chi connectivity index (χ2v) is 7.41. The van der Waals surface area contributed by atoms with E-state index in [1.54, 1.807) is 17.5 Å². The molecule has 0 radical (unpaired) electrons. The Morgan fingerprint density at radius 1 is 1.17 bits per heavy atom. The van der Waals surface area contributed by atoms with E-state index in [1.165, 1.54) is 20.3 Å². The van der Waals surface area contributed by atoms with Gasteiger partial charge in [-0.25, -0.2) is 13.2 Å². The van der Waals surface area contributed by atoms with Crippen molar-refractivity contribution in [2.45, 2.75) is 18.7 Å². The number of nitrogens with one attached hydrogen (secondary N) is 1. The molecule has 1 aromatic carbocycles. The Bertz CT molecular complexity index is 840. The summed E-state index contributed by atoms with van der Waals surface area (Å²) in [6.45, 7) is 3.69. The Kier molecular flexibility index (Phi) is 4.96. The van der Waals surface area contributed by atoms with Crippen LogP contribution >= 0.6 is 11.3 Å². The van der Waals surface area contributed by atoms with Crippen LogP contribution in [-0.4, -0.2) is 28.6 Å². The number of hydrogen-bond donors (Lipinski definition) is 1. The minimum Gasteiger partial charge on any atom is -0.495 e. The molecule has 0 saturated carbocycles. The maximum absolute atomic E-state index is 12.7. The molecule has 1 heterocycles. The highest BCUT2D eigenvalue weighted by Crippen LogP contribution is 2.31. The number of rotatable bonds is 5. The quantitative estimate of drug-likeness (QED) is 0.834. The van der Waals surface area contributed by atoms with Gasteiger partial charge in [0.05, 0.1) is 19.9 Å². The lowest BCUT2D eigenvalue weighted by molar-refractivity contribution is 0.0607. The molecule has 0 spiro atoms. The summed E-state index contributed by atoms with van der Waals surface area (Å²) in [6, 6.07) is 4.72. The fraction of sp³-hybridized carbons (Fsp3) is 0.267. The Morgan fingerprint density at radius 3 is 2.43 bits per heavy atom. The van der Waals surface area contributed by atoms with Crippen molar-refractivity contribution in [1.29, 1.82) is 0 Å². The normalized spacial score (nSPS) is 11.1. The van der Waals surface area contributed by atoms with Gasteiger partial charge in [0.15, 0.2) is 0 Å². The summed E-state index contributed by atoms with van der Waals surface area (Å²) in [5, 5.41) is 1.61. The average Bonchev–Trinajstić information content (AvgIpc) is 2.95. The summed E-state index contributed by atoms with van der Waals surface area (Å²) >= 11 is 1.10. The van der Waals surface area contributed by atoms with Crippen LogP contribution in [0.2, 0.25) is 0 Å². The number of hydrogen-bond acceptors (Lipinski definition) is 6. The smallest absolute Gasteiger partial charge is 0.350 e. The molecular formula is C15H17NO5S2. The first-order valence-electron chi connectivity index (χ1n) is 6.64. The Labute approximate surface area is 139 Å². The first-order chi connectivity index (χ1) is 10.8. The minimum atomic E-state index is -3.91. The zero-order chi connectivity index (χ0) is 17.2. The summed E-state index contributed by atoms with van der Waals surface area (Å²) in [6.07, 6.45) is 0. The van der Waals surface area contributed by atoms with Crippen molar-refractivity contribution in [2.75, 3.05) is 18.9 Å². The molecular weight excluding hydrogens is 338 g/mol. The van der Waals surface area contributed by atoms with Crippen molar-refractivity contribution in [3.63, 3.8) is 0 Å². The number of sulfonamides is 1. The molecule has 0 aliphatic carbocycles. The summed E-state index contributed by atoms with van der Waals surface area (Å²) in [7, 11) is -1.25. The fourth-order valence-electron chi connectivity index (χ4n) is 1.97. The zero-order valence-electron chi connectivity index (χ0n) is 13.2. The molecule has 0 bridgehead atoms. The number of methoxy groups -OCH3 is 2. The predicted molar refractivity (Wildman–Crippen MR) is 88.9 cm³/mol. The van der Waals surface area contributed by atoms with Gasteiger partial charge in [-0.05, 0) is 48.6 Å². The number of benzene rings is 1. The molecule has 124 valence electrons. The molecule has 8 heteroatoms. The molecule has 1 aromatic heterocycles. The van der Waals surface area contributed by atoms with Crippen molar-refractivity contribution in [3.8, 4) is 5.75 Å². The molecule has 2 rings (SSSR count). The summed E-state index contributed by atoms with van der Waals surface area (Å²) in [4.78, 5) is 11.9. The maximum Gasteiger partial charge on any atom is 0.350 e. The number of esters is 1. The van der Waals surface area contributed by atoms with Crippen LogP contribution in [0, 0.1) is 13.8 Å². The number of aryl methyl sites for hydroxylation is 2. The highest BCUT2D eigenvalue weighted by atomic mass is 32.2. The van der Waals surface area contributed by atoms with Crippen LogP contribution in [0.1, 0.15) is 20.8 Å². The summed E-state index contributed by atoms with van der Waals surface area (Å²) in [5.41, 5.74) is 1.93. The van der Waals surface area contributed by atoms with Gasteiger partial charge in [-0.15, -0.1) is 11.3 Å². The van der Waals surface area contributed by atoms with Crippen molar-refractivity contribution in [1.82, 2.24) is 0 Å². The van der Waals surface area contributed by atoms with E-state index in [2.05, 4.69) is 9.46 Å². The Morgan fingerprint density at radius 2 is 1.83 bits per heavy atom. The minimum absolute atomic E-state index is 0.0186. The first-order valence-corrected chi connectivity index (χ1v) is 9.00. The Hall–Kier alpha value is -2.06. The van der Waals surface area contributed by atoms with Gasteiger partial charge in [0.2, 0.25) is 0 Å². The van der Waals surface area contributed by atoms with Crippen molar-refractivity contribution < 1.29 is 22.7 Å². The second-order valence-electron chi connectivity index (χ2n) is 4.85. The van der Waals surface area contributed by atoms with Crippen LogP contribution in [0.25, 0.3) is 0 Å². The van der Waals surface area contributed by atoms with E-state index in [1.807, 2.05) is 13.8 Å². The van der Waals surface area contributed by atoms with Crippen LogP contribution < -0.4 is 9.46 Å². The van der Waals surface area contributed by atoms with Gasteiger partial charge in [-0.1, -0.05) is 0 Å². The number of anilines is 1. The molecule has 0 aliphatic heterocycles. The van der Waals surface area contributed by atoms with Gasteiger partial charge >= 0.3 is 5.97 Å². The number of carbonyl (C=O) groups excluding carboxylic acids is 1. The number of ether oxygens (including phenoxy) is 2. The van der Waals surface area contributed by atoms with Crippen molar-refractivity contribution in [2.24, 2.45) is 0 Å². The van der Waals surface area contributed by atoms with Gasteiger partial charge in [0, 0.05) is 0 Å². The molecule has 0 unspecified atom stereocenters. The van der Waals surface area contributed by atoms with E-state index >= 15 is 0 Å². The van der Waals surface area contributed by atoms with Gasteiger partial charge in [-0.2, -0.15) is 0 Å². The molecule has 1 N–H and O–H groups in total. The van der Waals surface area contributed by atoms with Gasteiger partial charge < -0.3 is 9.47 Å². The van der Waals surface area contributed by atoms with Crippen molar-refractivity contribution in [3.05, 3.63) is 39.6 Å². The summed E-state index contributed by atoms with van der Waals surface area (Å²) < 4.78 is 37.6. The standard InChI is InChI=1S/C15H17NO5S2/c1-9-7-12(20-3)13(8-10(9)2)23(18,19)16-11-5-6-22-14(11)15(17)21-4/h5-8,16H,1-4H3. The highest BCUT2D eigenvalue weighted by molar-refractivity contribution is 7.92. The third-order valence-corrected chi connectivity index (χ3v) is 5.63. The van der Waals surface area contributed by atoms with Crippen molar-refractivity contribution >= 4 is 33.0 Å². The lowest BCUT2D eigenvalue weighted by Crippen LogP contribution is -2.16. The van der Waals surface area contributed by atoms with E-state index in [9.17, 15) is 13.2 Å². The largest absolute Gasteiger partial charge is 0.495 e. The molecule has 0 amide bonds. The molecule has 0 atom stereocenters. The SMILES string of the molecule is COC(=O)c1sccc1NS(=O)(=O)c1cc(C)c(C)cc1OC. The van der Waals surface area contributed by atoms with Crippen LogP contribution in [-0.2, 0) is 14.8 Å². The van der Waals surface area contributed by atoms with Gasteiger partial charge in [0.1, 0.15) is 15.5 Å². The monoisotopic (exact) mass is 355 g/mol. The Balaban J connectivity index is 2.47. The van der Waals surface area contributed by atoms with E-state index in [4.69, 9.17) is 4.74 Å². The molecule has 0 aliphatic rings. The number of thiophene rings is 1. The lowest BCUT2D eigenvalue weighted by atomic mass is 10.1. The van der Waals surface area contributed by atoms with Crippen LogP contribution in [0.15, 0.2) is 28.5 Å². The van der Waals surface area contributed by atoms with Gasteiger partial charge in [-0.3, -0.25) is 4.72 Å². The third-order valence-electron chi connectivity index (χ3n) is 3.35. The lowest BCUT2D eigenvalue weighted by Gasteiger charge is -2.13. The fourth-order valence-corrected chi connectivity index (χ4v) is 4.11. The van der Waals surface area contributed by atoms with E-state index in [0.29, 0.717) is 0 Å². The molecule has 2 aromatic rings. The third kappa shape index (κ3) is 3.48. The molecule has 0 fully saturated rings. The first kappa shape index (κ1) is 17.3. The van der Waals surface area contributed by atoms with E-state index < -0.39 is 16.0 Å². The van der Waals surface area contributed by atoms with Crippen LogP contribution in [0.4, 0.5) is 5.69 Å². The number of carbonyl (C=O) groups is 1. The van der Waals surface area contributed by atoms with Gasteiger partial charge in [0.25, 0.3) is 10.0 Å². The topological polar surface area (TPSA) is 81.7 Å². The second kappa shape index (κ2) is 6.59. The molecule has 0 saturated heterocycles. The molecule has 6 nitrogen and oxygen atoms in total. The highest BCUT2D eigenvalue weighted by Gasteiger charge is 2.24. The summed E-state index contributed by atoms with van der Waals surface area (Å²) in [5.74, 6) is -0.347. The van der Waals surface area contributed by atoms with Crippen LogP contribution in [0.3, 0.4) is 0 Å². The van der Waals surface area contributed by atoms with E-state index in [0.717, 1.165) is 22.5 Å². The predicted octanol–water partition coefficient (Wildman–Crippen LogP) is 2.96. The van der Waals surface area contributed by atoms with E-state index in [-0.39, 0.29) is 21.2 Å².